The van der Waals surface area contributed by atoms with Crippen LogP contribution in [0, 0.1) is 5.92 Å². The Bertz CT molecular complexity index is 1900. The van der Waals surface area contributed by atoms with Crippen LogP contribution in [0.1, 0.15) is 49.1 Å². The molecular weight excluding hydrogens is 600 g/mol. The number of carbonyl (C=O) groups excluding carboxylic acids is 1. The van der Waals surface area contributed by atoms with E-state index in [0.29, 0.717) is 17.9 Å². The minimum absolute atomic E-state index is 0.0354. The lowest BCUT2D eigenvalue weighted by atomic mass is 9.87. The maximum absolute atomic E-state index is 14.0. The van der Waals surface area contributed by atoms with Crippen LogP contribution in [0.25, 0.3) is 27.9 Å². The molecule has 2 unspecified atom stereocenters. The van der Waals surface area contributed by atoms with Crippen molar-refractivity contribution in [1.29, 1.82) is 0 Å². The number of fused-ring (bicyclic) bond motifs is 2. The zero-order valence-electron chi connectivity index (χ0n) is 26.1. The Morgan fingerprint density at radius 3 is 2.40 bits per heavy atom. The first kappa shape index (κ1) is 32.7. The third-order valence-electron chi connectivity index (χ3n) is 8.35. The Balaban J connectivity index is 1.52. The quantitative estimate of drug-likeness (QED) is 0.119. The van der Waals surface area contributed by atoms with Crippen molar-refractivity contribution < 1.29 is 38.9 Å². The molecule has 0 aliphatic carbocycles. The number of phenolic OH excluding ortho intramolecular Hbond substituents is 1. The lowest BCUT2D eigenvalue weighted by molar-refractivity contribution is -0.151. The summed E-state index contributed by atoms with van der Waals surface area (Å²) in [4.78, 5) is 43.6. The fourth-order valence-electron chi connectivity index (χ4n) is 5.81. The number of amides is 1. The zero-order valence-corrected chi connectivity index (χ0v) is 26.1. The lowest BCUT2D eigenvalue weighted by Gasteiger charge is -2.36. The average molecular weight is 637 g/mol. The maximum atomic E-state index is 14.0. The van der Waals surface area contributed by atoms with E-state index >= 15 is 0 Å². The highest BCUT2D eigenvalue weighted by Crippen LogP contribution is 2.35. The van der Waals surface area contributed by atoms with Gasteiger partial charge in [-0.05, 0) is 71.7 Å². The maximum Gasteiger partial charge on any atom is 0.307 e. The predicted octanol–water partition coefficient (Wildman–Crippen LogP) is 6.87. The number of aromatic hydroxyl groups is 1. The number of hydrogen-bond acceptors (Lipinski definition) is 7. The molecule has 5 rings (SSSR count). The first-order chi connectivity index (χ1) is 22.6. The number of para-hydroxylation sites is 2. The molecule has 1 aromatic heterocycles. The Kier molecular flexibility index (Phi) is 10.2. The molecule has 47 heavy (non-hydrogen) atoms. The Hall–Kier alpha value is -5.64. The van der Waals surface area contributed by atoms with Crippen LogP contribution >= 0.6 is 0 Å². The summed E-state index contributed by atoms with van der Waals surface area (Å²) in [5, 5.41) is 31.4. The summed E-state index contributed by atoms with van der Waals surface area (Å²) in [5.74, 6) is -4.23. The summed E-state index contributed by atoms with van der Waals surface area (Å²) >= 11 is 0. The standard InChI is InChI=1S/C37H36N2O8/c1-23(29(27-16-17-31(40)33(19-27)46-2)10-7-13-34-38-30-11-5-6-12-32(30)47-34)39(35(41)20-28(37(44)45)21-36(42)43)22-24-14-15-25-8-3-4-9-26(25)18-24/h3-9,11-19,23,28-29,40H,10,20-22H2,1-2H3,(H,42,43)(H,44,45)/b13-7+/t23?,28-,29?/m1/s1. The third-order valence-corrected chi connectivity index (χ3v) is 8.35. The summed E-state index contributed by atoms with van der Waals surface area (Å²) in [6.45, 7) is 2.04. The van der Waals surface area contributed by atoms with E-state index in [1.54, 1.807) is 23.1 Å². The smallest absolute Gasteiger partial charge is 0.307 e. The summed E-state index contributed by atoms with van der Waals surface area (Å²) in [7, 11) is 1.45. The van der Waals surface area contributed by atoms with Gasteiger partial charge < -0.3 is 29.4 Å². The van der Waals surface area contributed by atoms with E-state index in [9.17, 15) is 29.7 Å². The highest BCUT2D eigenvalue weighted by atomic mass is 16.5. The van der Waals surface area contributed by atoms with Gasteiger partial charge in [-0.25, -0.2) is 4.98 Å². The molecule has 0 fully saturated rings. The first-order valence-corrected chi connectivity index (χ1v) is 15.2. The molecule has 10 nitrogen and oxygen atoms in total. The van der Waals surface area contributed by atoms with Crippen LogP contribution in [0.15, 0.2) is 95.4 Å². The van der Waals surface area contributed by atoms with E-state index in [-0.39, 0.29) is 24.0 Å². The average Bonchev–Trinajstić information content (AvgIpc) is 3.48. The van der Waals surface area contributed by atoms with E-state index in [2.05, 4.69) is 4.98 Å². The Morgan fingerprint density at radius 2 is 1.68 bits per heavy atom. The molecule has 242 valence electrons. The summed E-state index contributed by atoms with van der Waals surface area (Å²) < 4.78 is 11.2. The number of carboxylic acids is 2. The number of ether oxygens (including phenoxy) is 1. The number of allylic oxidation sites excluding steroid dienone is 1. The van der Waals surface area contributed by atoms with Crippen molar-refractivity contribution in [1.82, 2.24) is 9.88 Å². The van der Waals surface area contributed by atoms with Crippen LogP contribution in [0.4, 0.5) is 0 Å². The van der Waals surface area contributed by atoms with Gasteiger partial charge >= 0.3 is 11.9 Å². The minimum atomic E-state index is -1.39. The van der Waals surface area contributed by atoms with E-state index in [1.165, 1.54) is 13.2 Å². The molecule has 0 saturated heterocycles. The van der Waals surface area contributed by atoms with Crippen LogP contribution in [0.5, 0.6) is 11.5 Å². The zero-order chi connectivity index (χ0) is 33.5. The van der Waals surface area contributed by atoms with E-state index in [4.69, 9.17) is 9.15 Å². The highest BCUT2D eigenvalue weighted by Gasteiger charge is 2.32. The van der Waals surface area contributed by atoms with Gasteiger partial charge in [0.2, 0.25) is 11.8 Å². The number of aliphatic carboxylic acids is 2. The van der Waals surface area contributed by atoms with Gasteiger partial charge in [0.1, 0.15) is 5.52 Å². The van der Waals surface area contributed by atoms with Crippen LogP contribution in [0.3, 0.4) is 0 Å². The second-order valence-electron chi connectivity index (χ2n) is 11.5. The van der Waals surface area contributed by atoms with Gasteiger partial charge in [0.05, 0.1) is 19.4 Å². The molecule has 0 aliphatic rings. The predicted molar refractivity (Wildman–Crippen MR) is 177 cm³/mol. The van der Waals surface area contributed by atoms with Gasteiger partial charge in [0.15, 0.2) is 17.1 Å². The number of methoxy groups -OCH3 is 1. The molecule has 0 aliphatic heterocycles. The van der Waals surface area contributed by atoms with Crippen molar-refractivity contribution in [2.24, 2.45) is 5.92 Å². The van der Waals surface area contributed by atoms with Gasteiger partial charge in [-0.1, -0.05) is 60.7 Å². The normalized spacial score (nSPS) is 13.4. The number of aromatic nitrogens is 1. The van der Waals surface area contributed by atoms with Crippen molar-refractivity contribution in [2.45, 2.75) is 44.7 Å². The molecule has 4 aromatic carbocycles. The number of oxazole rings is 1. The van der Waals surface area contributed by atoms with Gasteiger partial charge in [0, 0.05) is 24.9 Å². The summed E-state index contributed by atoms with van der Waals surface area (Å²) in [6, 6.07) is 25.6. The van der Waals surface area contributed by atoms with Gasteiger partial charge in [-0.15, -0.1) is 0 Å². The number of rotatable bonds is 14. The molecule has 1 amide bonds. The van der Waals surface area contributed by atoms with Crippen molar-refractivity contribution in [3.63, 3.8) is 0 Å². The molecular formula is C37H36N2O8. The molecule has 0 radical (unpaired) electrons. The SMILES string of the molecule is COc1cc(C(C/C=C/c2nc3ccccc3o2)C(C)N(Cc2ccc3ccccc3c2)C(=O)C[C@H](CC(=O)O)C(=O)O)ccc1O. The van der Waals surface area contributed by atoms with Crippen molar-refractivity contribution >= 4 is 45.8 Å². The van der Waals surface area contributed by atoms with Gasteiger partial charge in [-0.2, -0.15) is 0 Å². The molecule has 1 heterocycles. The van der Waals surface area contributed by atoms with Crippen LogP contribution in [0.2, 0.25) is 0 Å². The fraction of sp³-hybridized carbons (Fsp3) is 0.243. The number of carboxylic acid groups (broad SMARTS) is 2. The Labute approximate surface area is 271 Å². The van der Waals surface area contributed by atoms with Crippen LogP contribution in [-0.2, 0) is 20.9 Å². The fourth-order valence-corrected chi connectivity index (χ4v) is 5.81. The molecule has 3 N–H and O–H groups in total. The second kappa shape index (κ2) is 14.6. The van der Waals surface area contributed by atoms with E-state index in [1.807, 2.05) is 79.7 Å². The first-order valence-electron chi connectivity index (χ1n) is 15.2. The van der Waals surface area contributed by atoms with Gasteiger partial charge in [-0.3, -0.25) is 14.4 Å². The largest absolute Gasteiger partial charge is 0.504 e. The molecule has 10 heteroatoms. The van der Waals surface area contributed by atoms with Crippen LogP contribution in [-0.4, -0.2) is 56.2 Å². The number of carbonyl (C=O) groups is 3. The van der Waals surface area contributed by atoms with Crippen LogP contribution < -0.4 is 4.74 Å². The van der Waals surface area contributed by atoms with E-state index in [0.717, 1.165) is 27.4 Å². The lowest BCUT2D eigenvalue weighted by Crippen LogP contribution is -2.43. The van der Waals surface area contributed by atoms with Crippen molar-refractivity contribution in [3.05, 3.63) is 108 Å². The monoisotopic (exact) mass is 636 g/mol. The number of nitrogens with zero attached hydrogens (tertiary/aromatic N) is 2. The van der Waals surface area contributed by atoms with Gasteiger partial charge in [0.25, 0.3) is 0 Å². The third kappa shape index (κ3) is 7.96. The summed E-state index contributed by atoms with van der Waals surface area (Å²) in [6.07, 6.45) is 2.91. The molecule has 0 saturated carbocycles. The topological polar surface area (TPSA) is 150 Å². The Morgan fingerprint density at radius 1 is 0.936 bits per heavy atom. The number of phenols is 1. The molecule has 3 atom stereocenters. The van der Waals surface area contributed by atoms with Crippen molar-refractivity contribution in [2.75, 3.05) is 7.11 Å². The second-order valence-corrected chi connectivity index (χ2v) is 11.5. The highest BCUT2D eigenvalue weighted by molar-refractivity contribution is 5.86. The summed E-state index contributed by atoms with van der Waals surface area (Å²) in [5.41, 5.74) is 2.98. The number of hydrogen-bond donors (Lipinski definition) is 3. The van der Waals surface area contributed by atoms with Crippen molar-refractivity contribution in [3.8, 4) is 11.5 Å². The molecule has 0 spiro atoms. The molecule has 0 bridgehead atoms. The van der Waals surface area contributed by atoms with E-state index < -0.39 is 42.6 Å². The molecule has 5 aromatic rings. The minimum Gasteiger partial charge on any atom is -0.504 e. The number of benzene rings is 4.